The van der Waals surface area contributed by atoms with Crippen LogP contribution in [0.3, 0.4) is 0 Å². The standard InChI is InChI=1S/C27H27ClN8O2S/c1-15-11-32-36(7-6-35(3)4)25(15)20-10-23-21(13-30-20)33-27(39-23)34-26(37)19-12-29-16(2)8-17(19)18-9-24(28)31-14-22(18)38-5/h8-14H,6-7H2,1-5H3,(H,33,34,37). The molecule has 0 aliphatic rings. The average molecular weight is 563 g/mol. The van der Waals surface area contributed by atoms with Crippen LogP contribution >= 0.6 is 22.9 Å². The number of nitrogens with one attached hydrogen (secondary N) is 1. The van der Waals surface area contributed by atoms with Crippen LogP contribution in [-0.2, 0) is 6.54 Å². The number of nitrogens with zero attached hydrogens (tertiary/aromatic N) is 7. The van der Waals surface area contributed by atoms with Crippen LogP contribution in [0.5, 0.6) is 5.75 Å². The maximum Gasteiger partial charge on any atom is 0.259 e. The molecule has 0 radical (unpaired) electrons. The Hall–Kier alpha value is -3.93. The largest absolute Gasteiger partial charge is 0.494 e. The molecule has 1 N–H and O–H groups in total. The summed E-state index contributed by atoms with van der Waals surface area (Å²) in [6.07, 6.45) is 6.65. The first-order valence-corrected chi connectivity index (χ1v) is 13.3. The van der Waals surface area contributed by atoms with Gasteiger partial charge in [-0.2, -0.15) is 5.10 Å². The first-order chi connectivity index (χ1) is 18.7. The topological polar surface area (TPSA) is 111 Å². The molecule has 0 aliphatic carbocycles. The molecule has 5 rings (SSSR count). The number of carbonyl (C=O) groups is 1. The van der Waals surface area contributed by atoms with Crippen LogP contribution in [0.15, 0.2) is 43.0 Å². The summed E-state index contributed by atoms with van der Waals surface area (Å²) in [4.78, 5) is 33.2. The molecule has 0 bridgehead atoms. The van der Waals surface area contributed by atoms with E-state index in [2.05, 4.69) is 35.3 Å². The molecule has 5 heterocycles. The summed E-state index contributed by atoms with van der Waals surface area (Å²) >= 11 is 7.55. The van der Waals surface area contributed by atoms with Crippen LogP contribution in [0, 0.1) is 13.8 Å². The predicted molar refractivity (Wildman–Crippen MR) is 154 cm³/mol. The number of anilines is 1. The Labute approximate surface area is 234 Å². The van der Waals surface area contributed by atoms with Gasteiger partial charge in [0.2, 0.25) is 0 Å². The van der Waals surface area contributed by atoms with E-state index >= 15 is 0 Å². The summed E-state index contributed by atoms with van der Waals surface area (Å²) in [7, 11) is 5.61. The molecule has 10 nitrogen and oxygen atoms in total. The summed E-state index contributed by atoms with van der Waals surface area (Å²) in [5.41, 5.74) is 5.91. The minimum atomic E-state index is -0.350. The zero-order valence-corrected chi connectivity index (χ0v) is 23.8. The second kappa shape index (κ2) is 11.0. The zero-order valence-electron chi connectivity index (χ0n) is 22.2. The Balaban J connectivity index is 1.46. The highest BCUT2D eigenvalue weighted by molar-refractivity contribution is 7.22. The van der Waals surface area contributed by atoms with Crippen LogP contribution in [0.2, 0.25) is 5.15 Å². The van der Waals surface area contributed by atoms with Crippen molar-refractivity contribution < 1.29 is 9.53 Å². The van der Waals surface area contributed by atoms with Crippen molar-refractivity contribution in [3.8, 4) is 28.3 Å². The number of fused-ring (bicyclic) bond motifs is 1. The van der Waals surface area contributed by atoms with E-state index < -0.39 is 0 Å². The summed E-state index contributed by atoms with van der Waals surface area (Å²) in [6, 6.07) is 5.48. The van der Waals surface area contributed by atoms with Gasteiger partial charge in [-0.05, 0) is 51.7 Å². The van der Waals surface area contributed by atoms with Crippen molar-refractivity contribution in [2.24, 2.45) is 0 Å². The third-order valence-electron chi connectivity index (χ3n) is 6.15. The minimum Gasteiger partial charge on any atom is -0.494 e. The number of methoxy groups -OCH3 is 1. The van der Waals surface area contributed by atoms with E-state index in [-0.39, 0.29) is 5.91 Å². The van der Waals surface area contributed by atoms with Gasteiger partial charge in [0.05, 0.1) is 53.9 Å². The quantitative estimate of drug-likeness (QED) is 0.260. The highest BCUT2D eigenvalue weighted by atomic mass is 35.5. The zero-order chi connectivity index (χ0) is 27.7. The van der Waals surface area contributed by atoms with Gasteiger partial charge in [0, 0.05) is 29.6 Å². The van der Waals surface area contributed by atoms with Crippen molar-refractivity contribution in [2.45, 2.75) is 20.4 Å². The number of likely N-dealkylation sites (N-methyl/N-ethyl adjacent to an activating group) is 1. The monoisotopic (exact) mass is 562 g/mol. The van der Waals surface area contributed by atoms with Crippen LogP contribution < -0.4 is 10.1 Å². The molecule has 0 spiro atoms. The van der Waals surface area contributed by atoms with Crippen LogP contribution in [-0.4, -0.2) is 68.3 Å². The number of pyridine rings is 3. The smallest absolute Gasteiger partial charge is 0.259 e. The molecule has 0 saturated carbocycles. The molecular weight excluding hydrogens is 536 g/mol. The van der Waals surface area contributed by atoms with Crippen molar-refractivity contribution in [3.05, 3.63) is 65.0 Å². The van der Waals surface area contributed by atoms with Crippen molar-refractivity contribution >= 4 is 44.2 Å². The summed E-state index contributed by atoms with van der Waals surface area (Å²) in [5.74, 6) is 0.148. The molecule has 39 heavy (non-hydrogen) atoms. The highest BCUT2D eigenvalue weighted by Crippen LogP contribution is 2.35. The molecule has 0 aromatic carbocycles. The van der Waals surface area contributed by atoms with Crippen LogP contribution in [0.4, 0.5) is 5.13 Å². The SMILES string of the molecule is COc1cnc(Cl)cc1-c1cc(C)ncc1C(=O)Nc1nc2cnc(-c3c(C)cnn3CCN(C)C)cc2s1. The molecule has 0 saturated heterocycles. The Morgan fingerprint density at radius 1 is 1.08 bits per heavy atom. The number of rotatable bonds is 8. The first-order valence-electron chi connectivity index (χ1n) is 12.2. The second-order valence-electron chi connectivity index (χ2n) is 9.29. The summed E-state index contributed by atoms with van der Waals surface area (Å²) in [6.45, 7) is 5.49. The Kier molecular flexibility index (Phi) is 7.56. The molecule has 0 unspecified atom stereocenters. The van der Waals surface area contributed by atoms with E-state index in [0.29, 0.717) is 38.2 Å². The van der Waals surface area contributed by atoms with Gasteiger partial charge in [0.1, 0.15) is 16.4 Å². The number of halogens is 1. The number of aromatic nitrogens is 6. The average Bonchev–Trinajstić information content (AvgIpc) is 3.48. The minimum absolute atomic E-state index is 0.291. The van der Waals surface area contributed by atoms with E-state index in [4.69, 9.17) is 16.3 Å². The fourth-order valence-electron chi connectivity index (χ4n) is 4.21. The van der Waals surface area contributed by atoms with Gasteiger partial charge < -0.3 is 9.64 Å². The lowest BCUT2D eigenvalue weighted by molar-refractivity contribution is 0.102. The number of amides is 1. The molecule has 12 heteroatoms. The van der Waals surface area contributed by atoms with E-state index in [1.165, 1.54) is 17.5 Å². The molecule has 200 valence electrons. The molecule has 1 amide bonds. The highest BCUT2D eigenvalue weighted by Gasteiger charge is 2.20. The van der Waals surface area contributed by atoms with Gasteiger partial charge in [-0.15, -0.1) is 0 Å². The second-order valence-corrected chi connectivity index (χ2v) is 10.7. The van der Waals surface area contributed by atoms with E-state index in [1.807, 2.05) is 51.0 Å². The van der Waals surface area contributed by atoms with Gasteiger partial charge in [-0.25, -0.2) is 9.97 Å². The molecule has 5 aromatic heterocycles. The van der Waals surface area contributed by atoms with Gasteiger partial charge >= 0.3 is 0 Å². The van der Waals surface area contributed by atoms with Gasteiger partial charge in [0.25, 0.3) is 5.91 Å². The number of carbonyl (C=O) groups excluding carboxylic acids is 1. The lowest BCUT2D eigenvalue weighted by Gasteiger charge is -2.13. The number of thiazole rings is 1. The number of hydrogen-bond acceptors (Lipinski definition) is 9. The molecule has 0 fully saturated rings. The maximum atomic E-state index is 13.4. The number of ether oxygens (including phenoxy) is 1. The third kappa shape index (κ3) is 5.60. The normalized spacial score (nSPS) is 11.4. The molecule has 5 aromatic rings. The van der Waals surface area contributed by atoms with E-state index in [9.17, 15) is 4.79 Å². The number of hydrogen-bond donors (Lipinski definition) is 1. The fourth-order valence-corrected chi connectivity index (χ4v) is 5.24. The Morgan fingerprint density at radius 2 is 1.90 bits per heavy atom. The van der Waals surface area contributed by atoms with Crippen molar-refractivity contribution in [2.75, 3.05) is 33.1 Å². The van der Waals surface area contributed by atoms with Crippen molar-refractivity contribution in [1.82, 2.24) is 34.6 Å². The van der Waals surface area contributed by atoms with Crippen LogP contribution in [0.1, 0.15) is 21.6 Å². The predicted octanol–water partition coefficient (Wildman–Crippen LogP) is 5.10. The molecular formula is C27H27ClN8O2S. The Bertz CT molecular complexity index is 1680. The lowest BCUT2D eigenvalue weighted by Crippen LogP contribution is -2.19. The lowest BCUT2D eigenvalue weighted by atomic mass is 10.0. The van der Waals surface area contributed by atoms with Crippen molar-refractivity contribution in [3.63, 3.8) is 0 Å². The van der Waals surface area contributed by atoms with E-state index in [1.54, 1.807) is 25.6 Å². The summed E-state index contributed by atoms with van der Waals surface area (Å²) in [5, 5.41) is 8.21. The van der Waals surface area contributed by atoms with Crippen LogP contribution in [0.25, 0.3) is 32.7 Å². The number of aryl methyl sites for hydroxylation is 2. The van der Waals surface area contributed by atoms with Gasteiger partial charge in [0.15, 0.2) is 5.13 Å². The fraction of sp³-hybridized carbons (Fsp3) is 0.259. The first kappa shape index (κ1) is 26.7. The third-order valence-corrected chi connectivity index (χ3v) is 7.29. The van der Waals surface area contributed by atoms with E-state index in [0.717, 1.165) is 40.4 Å². The van der Waals surface area contributed by atoms with Gasteiger partial charge in [-0.3, -0.25) is 24.8 Å². The molecule has 0 aliphatic heterocycles. The Morgan fingerprint density at radius 3 is 2.67 bits per heavy atom. The maximum absolute atomic E-state index is 13.4. The van der Waals surface area contributed by atoms with Gasteiger partial charge in [-0.1, -0.05) is 22.9 Å². The summed E-state index contributed by atoms with van der Waals surface area (Å²) < 4.78 is 8.35. The van der Waals surface area contributed by atoms with Crippen molar-refractivity contribution in [1.29, 1.82) is 0 Å². The molecule has 0 atom stereocenters.